The molecule has 0 bridgehead atoms. The summed E-state index contributed by atoms with van der Waals surface area (Å²) in [5.74, 6) is -1.54. The van der Waals surface area contributed by atoms with Crippen LogP contribution in [0.2, 0.25) is 0 Å². The van der Waals surface area contributed by atoms with Gasteiger partial charge < -0.3 is 0 Å². The van der Waals surface area contributed by atoms with E-state index in [1.54, 1.807) is 19.1 Å². The zero-order chi connectivity index (χ0) is 14.5. The first kappa shape index (κ1) is 14.4. The molecule has 0 aromatic heterocycles. The minimum Gasteiger partial charge on any atom is -0.203 e. The molecule has 0 radical (unpaired) electrons. The fourth-order valence-corrected chi connectivity index (χ4v) is 2.14. The number of benzene rings is 2. The van der Waals surface area contributed by atoms with Gasteiger partial charge >= 0.3 is 0 Å². The van der Waals surface area contributed by atoms with Gasteiger partial charge in [0.1, 0.15) is 0 Å². The maximum absolute atomic E-state index is 13.9. The van der Waals surface area contributed by atoms with Crippen LogP contribution < -0.4 is 0 Å². The van der Waals surface area contributed by atoms with Gasteiger partial charge in [0, 0.05) is 5.56 Å². The van der Waals surface area contributed by atoms with Gasteiger partial charge in [-0.05, 0) is 43.4 Å². The lowest BCUT2D eigenvalue weighted by Crippen LogP contribution is -1.93. The summed E-state index contributed by atoms with van der Waals surface area (Å²) in [5, 5.41) is 0. The molecular weight excluding hydrogens is 254 g/mol. The molecule has 0 N–H and O–H groups in total. The van der Waals surface area contributed by atoms with Crippen LogP contribution in [0.25, 0.3) is 11.1 Å². The second-order valence-electron chi connectivity index (χ2n) is 4.86. The Morgan fingerprint density at radius 1 is 0.950 bits per heavy atom. The van der Waals surface area contributed by atoms with E-state index < -0.39 is 11.6 Å². The largest absolute Gasteiger partial charge is 0.203 e. The SMILES string of the molecule is C/C=C/CCc1ccc(-c2ccc(C)c(F)c2F)cc1. The molecule has 0 saturated heterocycles. The average molecular weight is 272 g/mol. The minimum atomic E-state index is -0.772. The Labute approximate surface area is 118 Å². The molecule has 0 unspecified atom stereocenters. The Morgan fingerprint density at radius 3 is 2.30 bits per heavy atom. The molecule has 0 spiro atoms. The average Bonchev–Trinajstić information content (AvgIpc) is 2.46. The van der Waals surface area contributed by atoms with Gasteiger partial charge in [0.05, 0.1) is 0 Å². The smallest absolute Gasteiger partial charge is 0.166 e. The molecule has 2 aromatic rings. The molecule has 0 amide bonds. The summed E-state index contributed by atoms with van der Waals surface area (Å²) in [6, 6.07) is 10.9. The topological polar surface area (TPSA) is 0 Å². The number of rotatable bonds is 4. The number of hydrogen-bond acceptors (Lipinski definition) is 0. The van der Waals surface area contributed by atoms with Gasteiger partial charge in [-0.25, -0.2) is 8.78 Å². The molecule has 0 atom stereocenters. The summed E-state index contributed by atoms with van der Waals surface area (Å²) in [4.78, 5) is 0. The van der Waals surface area contributed by atoms with Crippen molar-refractivity contribution in [2.75, 3.05) is 0 Å². The summed E-state index contributed by atoms with van der Waals surface area (Å²) in [7, 11) is 0. The van der Waals surface area contributed by atoms with Crippen molar-refractivity contribution >= 4 is 0 Å². The molecule has 0 aliphatic carbocycles. The fourth-order valence-electron chi connectivity index (χ4n) is 2.14. The van der Waals surface area contributed by atoms with Gasteiger partial charge in [0.15, 0.2) is 11.6 Å². The van der Waals surface area contributed by atoms with E-state index in [2.05, 4.69) is 6.08 Å². The van der Waals surface area contributed by atoms with E-state index in [4.69, 9.17) is 0 Å². The van der Waals surface area contributed by atoms with Gasteiger partial charge in [-0.3, -0.25) is 0 Å². The highest BCUT2D eigenvalue weighted by Gasteiger charge is 2.12. The van der Waals surface area contributed by atoms with E-state index >= 15 is 0 Å². The van der Waals surface area contributed by atoms with Gasteiger partial charge in [0.2, 0.25) is 0 Å². The van der Waals surface area contributed by atoms with Crippen LogP contribution in [0.3, 0.4) is 0 Å². The summed E-state index contributed by atoms with van der Waals surface area (Å²) in [6.07, 6.45) is 6.08. The predicted molar refractivity (Wildman–Crippen MR) is 79.7 cm³/mol. The van der Waals surface area contributed by atoms with Crippen molar-refractivity contribution in [3.05, 3.63) is 71.3 Å². The summed E-state index contributed by atoms with van der Waals surface area (Å²) >= 11 is 0. The number of hydrogen-bond donors (Lipinski definition) is 0. The maximum Gasteiger partial charge on any atom is 0.166 e. The summed E-state index contributed by atoms with van der Waals surface area (Å²) in [5.41, 5.74) is 2.54. The molecule has 20 heavy (non-hydrogen) atoms. The lowest BCUT2D eigenvalue weighted by atomic mass is 10.0. The van der Waals surface area contributed by atoms with Gasteiger partial charge in [-0.2, -0.15) is 0 Å². The van der Waals surface area contributed by atoms with Crippen molar-refractivity contribution in [3.63, 3.8) is 0 Å². The Hall–Kier alpha value is -1.96. The molecule has 0 heterocycles. The van der Waals surface area contributed by atoms with E-state index in [0.29, 0.717) is 16.7 Å². The highest BCUT2D eigenvalue weighted by Crippen LogP contribution is 2.26. The van der Waals surface area contributed by atoms with Crippen LogP contribution in [0.4, 0.5) is 8.78 Å². The van der Waals surface area contributed by atoms with Crippen molar-refractivity contribution in [1.82, 2.24) is 0 Å². The molecule has 104 valence electrons. The molecule has 0 aliphatic heterocycles. The molecule has 2 aromatic carbocycles. The van der Waals surface area contributed by atoms with Crippen LogP contribution in [-0.4, -0.2) is 0 Å². The van der Waals surface area contributed by atoms with Crippen LogP contribution >= 0.6 is 0 Å². The number of allylic oxidation sites excluding steroid dienone is 2. The zero-order valence-electron chi connectivity index (χ0n) is 11.8. The molecule has 0 nitrogen and oxygen atoms in total. The second kappa shape index (κ2) is 6.47. The van der Waals surface area contributed by atoms with Gasteiger partial charge in [0.25, 0.3) is 0 Å². The third-order valence-corrected chi connectivity index (χ3v) is 3.38. The lowest BCUT2D eigenvalue weighted by Gasteiger charge is -2.07. The van der Waals surface area contributed by atoms with Crippen molar-refractivity contribution in [2.24, 2.45) is 0 Å². The third-order valence-electron chi connectivity index (χ3n) is 3.38. The first-order chi connectivity index (χ1) is 9.63. The Balaban J connectivity index is 2.24. The number of halogens is 2. The first-order valence-electron chi connectivity index (χ1n) is 6.78. The lowest BCUT2D eigenvalue weighted by molar-refractivity contribution is 0.505. The van der Waals surface area contributed by atoms with Crippen molar-refractivity contribution in [3.8, 4) is 11.1 Å². The summed E-state index contributed by atoms with van der Waals surface area (Å²) in [6.45, 7) is 3.56. The molecule has 2 rings (SSSR count). The van der Waals surface area contributed by atoms with Crippen molar-refractivity contribution < 1.29 is 8.78 Å². The van der Waals surface area contributed by atoms with Gasteiger partial charge in [-0.15, -0.1) is 0 Å². The predicted octanol–water partition coefficient (Wildman–Crippen LogP) is 5.45. The summed E-state index contributed by atoms with van der Waals surface area (Å²) < 4.78 is 27.5. The zero-order valence-corrected chi connectivity index (χ0v) is 11.8. The van der Waals surface area contributed by atoms with Gasteiger partial charge in [-0.1, -0.05) is 48.6 Å². The van der Waals surface area contributed by atoms with E-state index in [1.807, 2.05) is 37.3 Å². The van der Waals surface area contributed by atoms with Crippen LogP contribution in [0.1, 0.15) is 24.5 Å². The van der Waals surface area contributed by atoms with E-state index in [0.717, 1.165) is 12.8 Å². The third kappa shape index (κ3) is 3.13. The monoisotopic (exact) mass is 272 g/mol. The van der Waals surface area contributed by atoms with Crippen LogP contribution in [0.15, 0.2) is 48.6 Å². The van der Waals surface area contributed by atoms with Crippen LogP contribution in [0, 0.1) is 18.6 Å². The van der Waals surface area contributed by atoms with Crippen molar-refractivity contribution in [2.45, 2.75) is 26.7 Å². The highest BCUT2D eigenvalue weighted by atomic mass is 19.2. The molecule has 0 aliphatic rings. The Bertz CT molecular complexity index is 610. The fraction of sp³-hybridized carbons (Fsp3) is 0.222. The van der Waals surface area contributed by atoms with E-state index in [9.17, 15) is 8.78 Å². The number of aryl methyl sites for hydroxylation is 2. The van der Waals surface area contributed by atoms with Crippen LogP contribution in [-0.2, 0) is 6.42 Å². The highest BCUT2D eigenvalue weighted by molar-refractivity contribution is 5.65. The van der Waals surface area contributed by atoms with E-state index in [-0.39, 0.29) is 0 Å². The molecule has 2 heteroatoms. The van der Waals surface area contributed by atoms with Crippen LogP contribution in [0.5, 0.6) is 0 Å². The quantitative estimate of drug-likeness (QED) is 0.649. The second-order valence-corrected chi connectivity index (χ2v) is 4.86. The maximum atomic E-state index is 13.9. The Kier molecular flexibility index (Phi) is 4.67. The first-order valence-corrected chi connectivity index (χ1v) is 6.78. The van der Waals surface area contributed by atoms with Crippen molar-refractivity contribution in [1.29, 1.82) is 0 Å². The normalized spacial score (nSPS) is 11.2. The van der Waals surface area contributed by atoms with E-state index in [1.165, 1.54) is 5.56 Å². The molecular formula is C18H18F2. The Morgan fingerprint density at radius 2 is 1.65 bits per heavy atom. The molecule has 0 saturated carbocycles. The standard InChI is InChI=1S/C18H18F2/c1-3-4-5-6-14-8-10-15(11-9-14)16-12-7-13(2)17(19)18(16)20/h3-4,7-12H,5-6H2,1-2H3/b4-3+. The minimum absolute atomic E-state index is 0.313. The molecule has 0 fully saturated rings.